The van der Waals surface area contributed by atoms with E-state index in [0.717, 1.165) is 28.7 Å². The maximum absolute atomic E-state index is 13.6. The van der Waals surface area contributed by atoms with Crippen molar-refractivity contribution in [3.8, 4) is 5.75 Å². The second-order valence-electron chi connectivity index (χ2n) is 5.68. The van der Waals surface area contributed by atoms with Gasteiger partial charge in [-0.05, 0) is 30.2 Å². The average molecular weight is 361 g/mol. The molecule has 2 aromatic rings. The average Bonchev–Trinajstić information content (AvgIpc) is 2.62. The molecule has 0 bridgehead atoms. The smallest absolute Gasteiger partial charge is 0.411 e. The number of rotatable bonds is 7. The summed E-state index contributed by atoms with van der Waals surface area (Å²) in [6, 6.07) is 10.3. The Morgan fingerprint density at radius 2 is 1.88 bits per heavy atom. The fraction of sp³-hybridized carbons (Fsp3) is 0.263. The summed E-state index contributed by atoms with van der Waals surface area (Å²) in [7, 11) is 0. The van der Waals surface area contributed by atoms with Gasteiger partial charge in [-0.3, -0.25) is 4.90 Å². The third-order valence-corrected chi connectivity index (χ3v) is 3.73. The second-order valence-corrected chi connectivity index (χ2v) is 5.68. The highest BCUT2D eigenvalue weighted by molar-refractivity contribution is 5.82. The first-order chi connectivity index (χ1) is 12.4. The van der Waals surface area contributed by atoms with Crippen LogP contribution in [0.25, 0.3) is 0 Å². The molecule has 0 radical (unpaired) electrons. The molecule has 0 aliphatic carbocycles. The maximum Gasteiger partial charge on any atom is 0.411 e. The number of phenols is 1. The van der Waals surface area contributed by atoms with E-state index >= 15 is 0 Å². The van der Waals surface area contributed by atoms with Crippen LogP contribution in [0.3, 0.4) is 0 Å². The van der Waals surface area contributed by atoms with Gasteiger partial charge < -0.3 is 14.9 Å². The van der Waals surface area contributed by atoms with Crippen LogP contribution in [0.5, 0.6) is 5.75 Å². The second kappa shape index (κ2) is 8.84. The SMILES string of the molecule is CCCN(C(=O)OCc1ccccc1)C(C(=O)O)c1cc(F)ccc1O. The molecule has 1 unspecified atom stereocenters. The molecule has 1 amide bonds. The molecule has 0 aliphatic rings. The lowest BCUT2D eigenvalue weighted by molar-refractivity contribution is -0.143. The molecule has 0 fully saturated rings. The number of aliphatic carboxylic acids is 1. The lowest BCUT2D eigenvalue weighted by atomic mass is 10.0. The summed E-state index contributed by atoms with van der Waals surface area (Å²) in [4.78, 5) is 25.2. The predicted octanol–water partition coefficient (Wildman–Crippen LogP) is 3.71. The monoisotopic (exact) mass is 361 g/mol. The van der Waals surface area contributed by atoms with E-state index in [0.29, 0.717) is 6.42 Å². The first kappa shape index (κ1) is 19.2. The van der Waals surface area contributed by atoms with E-state index in [4.69, 9.17) is 4.74 Å². The van der Waals surface area contributed by atoms with Crippen molar-refractivity contribution in [2.24, 2.45) is 0 Å². The highest BCUT2D eigenvalue weighted by atomic mass is 19.1. The van der Waals surface area contributed by atoms with Gasteiger partial charge >= 0.3 is 12.1 Å². The largest absolute Gasteiger partial charge is 0.508 e. The third kappa shape index (κ3) is 4.72. The number of hydrogen-bond donors (Lipinski definition) is 2. The summed E-state index contributed by atoms with van der Waals surface area (Å²) in [6.45, 7) is 1.81. The number of carbonyl (C=O) groups is 2. The molecule has 0 heterocycles. The zero-order valence-electron chi connectivity index (χ0n) is 14.3. The third-order valence-electron chi connectivity index (χ3n) is 3.73. The van der Waals surface area contributed by atoms with Crippen LogP contribution >= 0.6 is 0 Å². The summed E-state index contributed by atoms with van der Waals surface area (Å²) in [5, 5.41) is 19.5. The summed E-state index contributed by atoms with van der Waals surface area (Å²) in [5.41, 5.74) is 0.542. The van der Waals surface area contributed by atoms with Crippen molar-refractivity contribution < 1.29 is 28.9 Å². The van der Waals surface area contributed by atoms with Crippen molar-refractivity contribution in [2.45, 2.75) is 26.0 Å². The fourth-order valence-corrected chi connectivity index (χ4v) is 2.55. The van der Waals surface area contributed by atoms with Gasteiger partial charge in [0.05, 0.1) is 0 Å². The lowest BCUT2D eigenvalue weighted by Crippen LogP contribution is -2.40. The normalized spacial score (nSPS) is 11.6. The van der Waals surface area contributed by atoms with Crippen molar-refractivity contribution in [1.29, 1.82) is 0 Å². The Morgan fingerprint density at radius 3 is 2.50 bits per heavy atom. The number of halogens is 1. The Labute approximate surface area is 150 Å². The van der Waals surface area contributed by atoms with Gasteiger partial charge in [0.1, 0.15) is 18.2 Å². The van der Waals surface area contributed by atoms with E-state index < -0.39 is 29.7 Å². The molecule has 2 rings (SSSR count). The summed E-state index contributed by atoms with van der Waals surface area (Å²) in [6.07, 6.45) is -0.396. The van der Waals surface area contributed by atoms with Crippen LogP contribution in [0.15, 0.2) is 48.5 Å². The van der Waals surface area contributed by atoms with Crippen LogP contribution in [0.4, 0.5) is 9.18 Å². The zero-order valence-corrected chi connectivity index (χ0v) is 14.3. The van der Waals surface area contributed by atoms with Crippen LogP contribution < -0.4 is 0 Å². The number of carbonyl (C=O) groups excluding carboxylic acids is 1. The summed E-state index contributed by atoms with van der Waals surface area (Å²) < 4.78 is 18.8. The molecule has 0 saturated heterocycles. The Morgan fingerprint density at radius 1 is 1.19 bits per heavy atom. The topological polar surface area (TPSA) is 87.1 Å². The number of phenolic OH excluding ortho intramolecular Hbond substituents is 1. The van der Waals surface area contributed by atoms with Gasteiger partial charge in [0.25, 0.3) is 0 Å². The van der Waals surface area contributed by atoms with Crippen molar-refractivity contribution in [2.75, 3.05) is 6.54 Å². The van der Waals surface area contributed by atoms with Crippen molar-refractivity contribution in [3.05, 3.63) is 65.5 Å². The van der Waals surface area contributed by atoms with Crippen LogP contribution in [0.2, 0.25) is 0 Å². The van der Waals surface area contributed by atoms with Gasteiger partial charge in [-0.2, -0.15) is 0 Å². The highest BCUT2D eigenvalue weighted by Gasteiger charge is 2.34. The molecule has 0 aliphatic heterocycles. The zero-order chi connectivity index (χ0) is 19.1. The molecule has 2 aromatic carbocycles. The van der Waals surface area contributed by atoms with E-state index in [1.165, 1.54) is 0 Å². The van der Waals surface area contributed by atoms with Crippen LogP contribution in [0, 0.1) is 5.82 Å². The quantitative estimate of drug-likeness (QED) is 0.785. The van der Waals surface area contributed by atoms with Gasteiger partial charge in [0, 0.05) is 12.1 Å². The highest BCUT2D eigenvalue weighted by Crippen LogP contribution is 2.30. The van der Waals surface area contributed by atoms with Crippen LogP contribution in [-0.4, -0.2) is 33.7 Å². The molecular weight excluding hydrogens is 341 g/mol. The Kier molecular flexibility index (Phi) is 6.54. The Bertz CT molecular complexity index is 766. The van der Waals surface area contributed by atoms with E-state index in [1.54, 1.807) is 31.2 Å². The molecule has 2 N–H and O–H groups in total. The number of hydrogen-bond acceptors (Lipinski definition) is 4. The molecular formula is C19H20FNO5. The van der Waals surface area contributed by atoms with E-state index in [2.05, 4.69) is 0 Å². The Hall–Kier alpha value is -3.09. The van der Waals surface area contributed by atoms with Gasteiger partial charge in [-0.1, -0.05) is 37.3 Å². The van der Waals surface area contributed by atoms with Crippen molar-refractivity contribution >= 4 is 12.1 Å². The fourth-order valence-electron chi connectivity index (χ4n) is 2.55. The maximum atomic E-state index is 13.6. The van der Waals surface area contributed by atoms with Crippen LogP contribution in [-0.2, 0) is 16.1 Å². The minimum absolute atomic E-state index is 0.0264. The van der Waals surface area contributed by atoms with Gasteiger partial charge in [-0.15, -0.1) is 0 Å². The van der Waals surface area contributed by atoms with Crippen molar-refractivity contribution in [1.82, 2.24) is 4.90 Å². The van der Waals surface area contributed by atoms with E-state index in [-0.39, 0.29) is 18.7 Å². The molecule has 7 heteroatoms. The van der Waals surface area contributed by atoms with E-state index in [1.807, 2.05) is 6.07 Å². The standard InChI is InChI=1S/C19H20FNO5/c1-2-10-21(19(25)26-12-13-6-4-3-5-7-13)17(18(23)24)15-11-14(20)8-9-16(15)22/h3-9,11,17,22H,2,10,12H2,1H3,(H,23,24). The number of carboxylic acids is 1. The summed E-state index contributed by atoms with van der Waals surface area (Å²) >= 11 is 0. The molecule has 0 saturated carbocycles. The molecule has 0 spiro atoms. The minimum Gasteiger partial charge on any atom is -0.508 e. The Balaban J connectivity index is 2.27. The van der Waals surface area contributed by atoms with Crippen LogP contribution in [0.1, 0.15) is 30.5 Å². The lowest BCUT2D eigenvalue weighted by Gasteiger charge is -2.28. The predicted molar refractivity (Wildman–Crippen MR) is 92.1 cm³/mol. The number of ether oxygens (including phenoxy) is 1. The van der Waals surface area contributed by atoms with Gasteiger partial charge in [-0.25, -0.2) is 14.0 Å². The number of aromatic hydroxyl groups is 1. The minimum atomic E-state index is -1.56. The first-order valence-corrected chi connectivity index (χ1v) is 8.12. The summed E-state index contributed by atoms with van der Waals surface area (Å²) in [5.74, 6) is -2.51. The molecule has 1 atom stereocenters. The number of benzene rings is 2. The van der Waals surface area contributed by atoms with E-state index in [9.17, 15) is 24.2 Å². The van der Waals surface area contributed by atoms with Gasteiger partial charge in [0.2, 0.25) is 0 Å². The van der Waals surface area contributed by atoms with Crippen molar-refractivity contribution in [3.63, 3.8) is 0 Å². The molecule has 0 aromatic heterocycles. The molecule has 26 heavy (non-hydrogen) atoms. The number of carboxylic acid groups (broad SMARTS) is 1. The molecule has 6 nitrogen and oxygen atoms in total. The number of nitrogens with zero attached hydrogens (tertiary/aromatic N) is 1. The molecule has 138 valence electrons. The number of amides is 1. The first-order valence-electron chi connectivity index (χ1n) is 8.12. The van der Waals surface area contributed by atoms with Gasteiger partial charge in [0.15, 0.2) is 6.04 Å².